The number of nitrogens with zero attached hydrogens (tertiary/aromatic N) is 2. The molecular formula is C71H47ClN2O2. The van der Waals surface area contributed by atoms with Gasteiger partial charge in [-0.05, 0) is 147 Å². The Hall–Kier alpha value is -9.09. The third-order valence-electron chi connectivity index (χ3n) is 17.1. The fourth-order valence-corrected chi connectivity index (χ4v) is 13.7. The van der Waals surface area contributed by atoms with Crippen LogP contribution in [0.3, 0.4) is 0 Å². The molecule has 1 unspecified atom stereocenters. The summed E-state index contributed by atoms with van der Waals surface area (Å²) in [7, 11) is 0. The van der Waals surface area contributed by atoms with Crippen LogP contribution in [0.25, 0.3) is 88.4 Å². The second kappa shape index (κ2) is 15.7. The predicted molar refractivity (Wildman–Crippen MR) is 315 cm³/mol. The highest BCUT2D eigenvalue weighted by molar-refractivity contribution is 6.31. The molecule has 11 aromatic carbocycles. The molecule has 2 aliphatic carbocycles. The largest absolute Gasteiger partial charge is 0.455 e. The van der Waals surface area contributed by atoms with E-state index in [-0.39, 0.29) is 5.41 Å². The van der Waals surface area contributed by atoms with Crippen LogP contribution < -0.4 is 9.80 Å². The molecule has 3 heterocycles. The minimum atomic E-state index is -0.625. The van der Waals surface area contributed by atoms with Crippen LogP contribution in [-0.4, -0.2) is 0 Å². The van der Waals surface area contributed by atoms with Gasteiger partial charge < -0.3 is 18.6 Å². The van der Waals surface area contributed by atoms with Crippen molar-refractivity contribution in [2.24, 2.45) is 0 Å². The maximum Gasteiger partial charge on any atom is 0.143 e. The first-order chi connectivity index (χ1) is 37.2. The molecule has 0 fully saturated rings. The van der Waals surface area contributed by atoms with Gasteiger partial charge in [0.2, 0.25) is 0 Å². The molecule has 1 aliphatic heterocycles. The van der Waals surface area contributed by atoms with E-state index in [1.54, 1.807) is 0 Å². The van der Waals surface area contributed by atoms with E-state index in [1.807, 2.05) is 12.1 Å². The highest BCUT2D eigenvalue weighted by Gasteiger charge is 2.44. The summed E-state index contributed by atoms with van der Waals surface area (Å²) in [5.41, 5.74) is 24.3. The maximum atomic E-state index is 7.49. The van der Waals surface area contributed by atoms with Crippen molar-refractivity contribution in [3.05, 3.63) is 263 Å². The summed E-state index contributed by atoms with van der Waals surface area (Å²) >= 11 is 7.49. The van der Waals surface area contributed by atoms with E-state index in [0.717, 1.165) is 100 Å². The smallest absolute Gasteiger partial charge is 0.143 e. The number of hydrogen-bond acceptors (Lipinski definition) is 4. The van der Waals surface area contributed by atoms with Gasteiger partial charge in [0.15, 0.2) is 0 Å². The van der Waals surface area contributed by atoms with Crippen molar-refractivity contribution in [1.82, 2.24) is 0 Å². The molecule has 5 heteroatoms. The minimum absolute atomic E-state index is 0.215. The summed E-state index contributed by atoms with van der Waals surface area (Å²) in [6.07, 6.45) is 0. The minimum Gasteiger partial charge on any atom is -0.455 e. The Morgan fingerprint density at radius 3 is 1.36 bits per heavy atom. The number of benzene rings is 11. The van der Waals surface area contributed by atoms with Gasteiger partial charge in [-0.2, -0.15) is 0 Å². The molecule has 16 rings (SSSR count). The van der Waals surface area contributed by atoms with Gasteiger partial charge in [-0.15, -0.1) is 0 Å². The number of para-hydroxylation sites is 4. The first kappa shape index (κ1) is 43.3. The Labute approximate surface area is 445 Å². The molecule has 360 valence electrons. The molecule has 0 amide bonds. The molecule has 0 N–H and O–H groups in total. The van der Waals surface area contributed by atoms with Crippen LogP contribution >= 0.6 is 11.6 Å². The van der Waals surface area contributed by atoms with Crippen LogP contribution in [0.2, 0.25) is 5.02 Å². The topological polar surface area (TPSA) is 32.8 Å². The highest BCUT2D eigenvalue weighted by atomic mass is 35.5. The van der Waals surface area contributed by atoms with Crippen LogP contribution in [0.4, 0.5) is 34.1 Å². The number of furan rings is 2. The van der Waals surface area contributed by atoms with Gasteiger partial charge in [0.1, 0.15) is 22.3 Å². The van der Waals surface area contributed by atoms with E-state index >= 15 is 0 Å². The van der Waals surface area contributed by atoms with Crippen molar-refractivity contribution in [3.63, 3.8) is 0 Å². The second-order valence-electron chi connectivity index (χ2n) is 21.5. The van der Waals surface area contributed by atoms with Crippen LogP contribution in [0, 0.1) is 0 Å². The Balaban J connectivity index is 0.968. The van der Waals surface area contributed by atoms with E-state index in [9.17, 15) is 0 Å². The van der Waals surface area contributed by atoms with Crippen molar-refractivity contribution in [2.75, 3.05) is 9.80 Å². The van der Waals surface area contributed by atoms with Crippen LogP contribution in [-0.2, 0) is 10.8 Å². The monoisotopic (exact) mass is 994 g/mol. The van der Waals surface area contributed by atoms with Crippen LogP contribution in [0.5, 0.6) is 0 Å². The van der Waals surface area contributed by atoms with Gasteiger partial charge >= 0.3 is 0 Å². The first-order valence-electron chi connectivity index (χ1n) is 26.2. The number of rotatable bonds is 4. The van der Waals surface area contributed by atoms with Gasteiger partial charge in [0.05, 0.1) is 0 Å². The zero-order valence-corrected chi connectivity index (χ0v) is 42.8. The van der Waals surface area contributed by atoms with E-state index in [1.165, 1.54) is 50.1 Å². The molecule has 0 saturated heterocycles. The Morgan fingerprint density at radius 1 is 0.316 bits per heavy atom. The molecule has 6 bridgehead atoms. The van der Waals surface area contributed by atoms with Gasteiger partial charge in [-0.25, -0.2) is 0 Å². The lowest BCUT2D eigenvalue weighted by molar-refractivity contribution is 0.660. The van der Waals surface area contributed by atoms with Crippen LogP contribution in [0.15, 0.2) is 239 Å². The van der Waals surface area contributed by atoms with Crippen molar-refractivity contribution in [3.8, 4) is 44.5 Å². The summed E-state index contributed by atoms with van der Waals surface area (Å²) in [5, 5.41) is 5.07. The fourth-order valence-electron chi connectivity index (χ4n) is 13.5. The molecule has 13 aromatic rings. The van der Waals surface area contributed by atoms with Gasteiger partial charge in [0, 0.05) is 82.6 Å². The first-order valence-corrected chi connectivity index (χ1v) is 26.5. The Kier molecular flexibility index (Phi) is 8.96. The van der Waals surface area contributed by atoms with Crippen molar-refractivity contribution >= 4 is 89.6 Å². The van der Waals surface area contributed by atoms with Gasteiger partial charge in [0.25, 0.3) is 0 Å². The SMILES string of the molecule is CC1(C)c2ccccc2-c2ccc(N3c4cc(Cl)cc(c4)N(c4ccc(-c5cccc6c5oc5ccccc56)cc4)c4ccc5c(c4)C(C)(c4ccccc4-5)c4cc3ccc4-c3cccc4c3oc3ccccc34)cc21. The maximum absolute atomic E-state index is 7.49. The third kappa shape index (κ3) is 6.02. The molecule has 1 atom stereocenters. The molecule has 4 nitrogen and oxygen atoms in total. The van der Waals surface area contributed by atoms with Crippen molar-refractivity contribution in [2.45, 2.75) is 31.6 Å². The Morgan fingerprint density at radius 2 is 0.737 bits per heavy atom. The molecule has 2 aromatic heterocycles. The molecular weight excluding hydrogens is 948 g/mol. The average Bonchev–Trinajstić information content (AvgIpc) is 4.23. The lowest BCUT2D eigenvalue weighted by Crippen LogP contribution is -2.25. The molecule has 0 spiro atoms. The summed E-state index contributed by atoms with van der Waals surface area (Å²) in [6, 6.07) is 84.1. The van der Waals surface area contributed by atoms with E-state index in [0.29, 0.717) is 5.02 Å². The molecule has 3 aliphatic rings. The third-order valence-corrected chi connectivity index (χ3v) is 17.3. The van der Waals surface area contributed by atoms with Crippen LogP contribution in [0.1, 0.15) is 48.6 Å². The molecule has 0 saturated carbocycles. The number of fused-ring (bicyclic) bond motifs is 18. The average molecular weight is 996 g/mol. The summed E-state index contributed by atoms with van der Waals surface area (Å²) in [6.45, 7) is 7.14. The number of anilines is 6. The van der Waals surface area contributed by atoms with Crippen molar-refractivity contribution < 1.29 is 8.83 Å². The summed E-state index contributed by atoms with van der Waals surface area (Å²) in [5.74, 6) is 0. The highest BCUT2D eigenvalue weighted by Crippen LogP contribution is 2.58. The lowest BCUT2D eigenvalue weighted by atomic mass is 9.71. The van der Waals surface area contributed by atoms with Crippen molar-refractivity contribution in [1.29, 1.82) is 0 Å². The standard InChI is InChI=1S/C71H47ClN2O2/c1-70(2)61-22-8-4-14-51(61)53-33-30-45(39-63(53)70)74-47-32-35-55(58-19-13-21-60-57-17-7-11-25-67(57)76-69(58)60)65(41-47)71(3)62-23-9-5-15-52(62)54-34-31-46(40-64(54)71)73(48-36-43(72)37-49(74)38-48)44-28-26-42(27-29-44)50-18-12-20-59-56-16-6-10-24-66(56)75-68(50)59/h4-41H,1-3H3. The molecule has 76 heavy (non-hydrogen) atoms. The van der Waals surface area contributed by atoms with E-state index in [4.69, 9.17) is 20.4 Å². The second-order valence-corrected chi connectivity index (χ2v) is 21.9. The fraction of sp³-hybridized carbons (Fsp3) is 0.0704. The molecule has 0 radical (unpaired) electrons. The zero-order chi connectivity index (χ0) is 50.6. The van der Waals surface area contributed by atoms with Gasteiger partial charge in [-0.3, -0.25) is 0 Å². The number of halogens is 1. The lowest BCUT2D eigenvalue weighted by Gasteiger charge is -2.36. The Bertz CT molecular complexity index is 4620. The summed E-state index contributed by atoms with van der Waals surface area (Å²) < 4.78 is 13.4. The predicted octanol–water partition coefficient (Wildman–Crippen LogP) is 20.4. The zero-order valence-electron chi connectivity index (χ0n) is 42.0. The normalized spacial score (nSPS) is 15.7. The van der Waals surface area contributed by atoms with Gasteiger partial charge in [-0.1, -0.05) is 177 Å². The number of hydrogen-bond donors (Lipinski definition) is 0. The van der Waals surface area contributed by atoms with E-state index < -0.39 is 5.41 Å². The quantitative estimate of drug-likeness (QED) is 0.176. The van der Waals surface area contributed by atoms with E-state index in [2.05, 4.69) is 249 Å². The summed E-state index contributed by atoms with van der Waals surface area (Å²) in [4.78, 5) is 4.79.